The molecule has 2 N–H and O–H groups in total. The summed E-state index contributed by atoms with van der Waals surface area (Å²) in [6, 6.07) is 14.4. The van der Waals surface area contributed by atoms with Gasteiger partial charge in [0.25, 0.3) is 17.7 Å². The lowest BCUT2D eigenvalue weighted by molar-refractivity contribution is -0.136. The molecular formula is C51H60N14O5. The minimum absolute atomic E-state index is 0.104. The van der Waals surface area contributed by atoms with Crippen LogP contribution in [0.3, 0.4) is 0 Å². The molecule has 4 fully saturated rings. The van der Waals surface area contributed by atoms with Crippen molar-refractivity contribution in [1.82, 2.24) is 45.2 Å². The van der Waals surface area contributed by atoms with E-state index in [0.29, 0.717) is 40.8 Å². The standard InChI is InChI=1S/C51H60N14O5/c1-31-45(32(2)65-51(59(31)3)56-57-58-65)48(68)54-37-5-4-36-30-53-46(40(36)28-37)35-10-15-52-43(27-35)63-24-22-61(23-25-63)21-20-60-16-11-33(12-17-60)26-34-13-18-62(19-14-34)38-6-7-39-41(29-38)50(70)64(49(39)69)42-8-9-44(66)55-47(42)67/h4-7,10,15,27-29,32-34,42H,8-9,11-14,16-26,30H2,1-3H3,(H,54,68)(H,55,66,67)/t32-,42?/m1/s1. The molecule has 2 aromatic carbocycles. The molecule has 5 amide bonds. The van der Waals surface area contributed by atoms with Gasteiger partial charge in [0.05, 0.1) is 35.0 Å². The zero-order valence-electron chi connectivity index (χ0n) is 40.1. The number of amides is 5. The number of fused-ring (bicyclic) bond motifs is 3. The summed E-state index contributed by atoms with van der Waals surface area (Å²) in [5.74, 6) is 0.908. The Labute approximate surface area is 406 Å². The van der Waals surface area contributed by atoms with Crippen molar-refractivity contribution in [3.05, 3.63) is 93.8 Å². The third kappa shape index (κ3) is 8.62. The maximum Gasteiger partial charge on any atom is 0.262 e. The summed E-state index contributed by atoms with van der Waals surface area (Å²) in [6.45, 7) is 14.5. The van der Waals surface area contributed by atoms with Crippen molar-refractivity contribution < 1.29 is 24.0 Å². The number of imide groups is 2. The summed E-state index contributed by atoms with van der Waals surface area (Å²) in [6.07, 6.45) is 8.09. The zero-order valence-corrected chi connectivity index (χ0v) is 40.1. The second-order valence-electron chi connectivity index (χ2n) is 20.0. The Bertz CT molecular complexity index is 2820. The highest BCUT2D eigenvalue weighted by Gasteiger charge is 2.45. The summed E-state index contributed by atoms with van der Waals surface area (Å²) >= 11 is 0. The first-order valence-corrected chi connectivity index (χ1v) is 25.0. The van der Waals surface area contributed by atoms with Crippen LogP contribution in [0.25, 0.3) is 0 Å². The molecule has 7 aliphatic rings. The molecule has 9 heterocycles. The van der Waals surface area contributed by atoms with Crippen molar-refractivity contribution in [3.63, 3.8) is 0 Å². The number of hydrogen-bond acceptors (Lipinski definition) is 15. The van der Waals surface area contributed by atoms with Crippen LogP contribution < -0.4 is 25.3 Å². The van der Waals surface area contributed by atoms with Gasteiger partial charge in [-0.15, -0.1) is 0 Å². The number of piperazine rings is 1. The van der Waals surface area contributed by atoms with E-state index in [1.54, 1.807) is 10.7 Å². The van der Waals surface area contributed by atoms with E-state index in [2.05, 4.69) is 51.8 Å². The van der Waals surface area contributed by atoms with Gasteiger partial charge in [0.2, 0.25) is 17.8 Å². The second-order valence-corrected chi connectivity index (χ2v) is 20.0. The molecule has 4 saturated heterocycles. The van der Waals surface area contributed by atoms with E-state index in [1.165, 1.54) is 19.3 Å². The molecule has 0 aliphatic carbocycles. The molecule has 0 bridgehead atoms. The number of allylic oxidation sites excluding steroid dienone is 1. The fourth-order valence-corrected chi connectivity index (χ4v) is 11.7. The third-order valence-corrected chi connectivity index (χ3v) is 16.0. The van der Waals surface area contributed by atoms with Gasteiger partial charge in [-0.25, -0.2) is 9.67 Å². The van der Waals surface area contributed by atoms with E-state index in [4.69, 9.17) is 9.98 Å². The average Bonchev–Trinajstić information content (AvgIpc) is 4.10. The van der Waals surface area contributed by atoms with Gasteiger partial charge >= 0.3 is 0 Å². The van der Waals surface area contributed by atoms with Gasteiger partial charge in [-0.3, -0.25) is 44.1 Å². The summed E-state index contributed by atoms with van der Waals surface area (Å²) in [5, 5.41) is 17.4. The van der Waals surface area contributed by atoms with Crippen LogP contribution in [-0.2, 0) is 20.9 Å². The molecule has 4 aromatic rings. The monoisotopic (exact) mass is 948 g/mol. The van der Waals surface area contributed by atoms with Gasteiger partial charge in [-0.05, 0) is 136 Å². The van der Waals surface area contributed by atoms with Crippen LogP contribution >= 0.6 is 0 Å². The molecule has 0 spiro atoms. The van der Waals surface area contributed by atoms with Crippen molar-refractivity contribution >= 4 is 58.4 Å². The number of nitrogens with one attached hydrogen (secondary N) is 2. The maximum atomic E-state index is 13.7. The minimum Gasteiger partial charge on any atom is -0.371 e. The largest absolute Gasteiger partial charge is 0.371 e. The smallest absolute Gasteiger partial charge is 0.262 e. The molecule has 11 rings (SSSR count). The molecule has 19 nitrogen and oxygen atoms in total. The summed E-state index contributed by atoms with van der Waals surface area (Å²) < 4.78 is 1.66. The Kier molecular flexibility index (Phi) is 12.2. The van der Waals surface area contributed by atoms with E-state index in [1.807, 2.05) is 68.4 Å². The fourth-order valence-electron chi connectivity index (χ4n) is 11.7. The number of carbonyl (C=O) groups excluding carboxylic acids is 5. The van der Waals surface area contributed by atoms with Crippen molar-refractivity contribution in [2.24, 2.45) is 16.8 Å². The summed E-state index contributed by atoms with van der Waals surface area (Å²) in [7, 11) is 1.86. The molecule has 7 aliphatic heterocycles. The number of hydrogen-bond donors (Lipinski definition) is 2. The topological polar surface area (TPSA) is 198 Å². The van der Waals surface area contributed by atoms with Crippen molar-refractivity contribution in [2.45, 2.75) is 77.4 Å². The van der Waals surface area contributed by atoms with Crippen LogP contribution in [0.1, 0.15) is 102 Å². The summed E-state index contributed by atoms with van der Waals surface area (Å²) in [5.41, 5.74) is 7.80. The van der Waals surface area contributed by atoms with Crippen LogP contribution in [0.2, 0.25) is 0 Å². The minimum atomic E-state index is -0.957. The highest BCUT2D eigenvalue weighted by atomic mass is 16.2. The number of tetrazole rings is 1. The predicted molar refractivity (Wildman–Crippen MR) is 263 cm³/mol. The van der Waals surface area contributed by atoms with Crippen LogP contribution in [0, 0.1) is 11.8 Å². The molecule has 70 heavy (non-hydrogen) atoms. The van der Waals surface area contributed by atoms with E-state index in [0.717, 1.165) is 129 Å². The lowest BCUT2D eigenvalue weighted by atomic mass is 9.82. The Morgan fingerprint density at radius 1 is 0.786 bits per heavy atom. The van der Waals surface area contributed by atoms with E-state index >= 15 is 0 Å². The van der Waals surface area contributed by atoms with Gasteiger partial charge in [-0.2, -0.15) is 0 Å². The molecule has 1 unspecified atom stereocenters. The zero-order chi connectivity index (χ0) is 48.2. The highest BCUT2D eigenvalue weighted by molar-refractivity contribution is 6.24. The Hall–Kier alpha value is -6.86. The first-order valence-electron chi connectivity index (χ1n) is 25.0. The van der Waals surface area contributed by atoms with Gasteiger partial charge < -0.3 is 24.9 Å². The lowest BCUT2D eigenvalue weighted by Gasteiger charge is -2.39. The number of pyridine rings is 1. The van der Waals surface area contributed by atoms with Crippen molar-refractivity contribution in [3.8, 4) is 0 Å². The normalized spacial score (nSPS) is 22.6. The first kappa shape index (κ1) is 45.6. The number of likely N-dealkylation sites (tertiary alicyclic amines) is 1. The van der Waals surface area contributed by atoms with Crippen LogP contribution in [-0.4, -0.2) is 154 Å². The van der Waals surface area contributed by atoms with Crippen molar-refractivity contribution in [2.75, 3.05) is 92.5 Å². The predicted octanol–water partition coefficient (Wildman–Crippen LogP) is 3.88. The molecule has 0 saturated carbocycles. The lowest BCUT2D eigenvalue weighted by Crippen LogP contribution is -2.54. The number of piperidine rings is 3. The van der Waals surface area contributed by atoms with Crippen LogP contribution in [0.4, 0.5) is 23.1 Å². The Morgan fingerprint density at radius 3 is 2.27 bits per heavy atom. The van der Waals surface area contributed by atoms with E-state index in [-0.39, 0.29) is 30.7 Å². The molecule has 364 valence electrons. The van der Waals surface area contributed by atoms with Gasteiger partial charge in [0.15, 0.2) is 0 Å². The number of nitrogens with zero attached hydrogens (tertiary/aromatic N) is 12. The number of anilines is 4. The molecule has 2 atom stereocenters. The third-order valence-electron chi connectivity index (χ3n) is 16.0. The highest BCUT2D eigenvalue weighted by Crippen LogP contribution is 2.36. The van der Waals surface area contributed by atoms with Gasteiger partial charge in [0, 0.05) is 100 Å². The maximum absolute atomic E-state index is 13.7. The Balaban J connectivity index is 0.612. The number of benzene rings is 2. The van der Waals surface area contributed by atoms with Crippen molar-refractivity contribution in [1.29, 1.82) is 0 Å². The average molecular weight is 949 g/mol. The molecule has 19 heteroatoms. The van der Waals surface area contributed by atoms with E-state index < -0.39 is 23.8 Å². The summed E-state index contributed by atoms with van der Waals surface area (Å²) in [4.78, 5) is 87.0. The number of rotatable bonds is 11. The number of carbonyl (C=O) groups is 5. The fraction of sp³-hybridized carbons (Fsp3) is 0.490. The number of aliphatic imine (C=N–C) groups is 1. The quantitative estimate of drug-likeness (QED) is 0.206. The van der Waals surface area contributed by atoms with Gasteiger partial charge in [0.1, 0.15) is 11.9 Å². The molecule has 2 aromatic heterocycles. The first-order chi connectivity index (χ1) is 34.0. The van der Waals surface area contributed by atoms with Crippen LogP contribution in [0.5, 0.6) is 0 Å². The number of aromatic nitrogens is 5. The van der Waals surface area contributed by atoms with Gasteiger partial charge in [-0.1, -0.05) is 11.2 Å². The molecule has 0 radical (unpaired) electrons. The second kappa shape index (κ2) is 18.8. The van der Waals surface area contributed by atoms with Crippen LogP contribution in [0.15, 0.2) is 71.0 Å². The molecular weight excluding hydrogens is 889 g/mol. The van der Waals surface area contributed by atoms with E-state index in [9.17, 15) is 24.0 Å². The SMILES string of the molecule is CC1=C(C(=O)Nc2ccc3c(c2)C(c2ccnc(N4CCN(CCN5CCC(CC6CCN(c7ccc8c(c7)C(=O)N(C7CCC(=O)NC7=O)C8=O)CC6)CC5)CC4)c2)=NC3)[C@@H](C)n2nnnc2N1C. The Morgan fingerprint density at radius 2 is 1.51 bits per heavy atom.